The van der Waals surface area contributed by atoms with E-state index in [0.29, 0.717) is 12.5 Å². The molecule has 1 aliphatic carbocycles. The standard InChI is InChI=1S/C21H25FN2O2/c1-26-19-11-5-15(6-12-19)13-14-23-21(25)24-20(16-3-2-4-16)17-7-9-18(22)10-8-17/h5-12,16,20H,2-4,13-14H2,1H3,(H2,23,24,25). The highest BCUT2D eigenvalue weighted by atomic mass is 19.1. The Labute approximate surface area is 153 Å². The minimum Gasteiger partial charge on any atom is -0.497 e. The topological polar surface area (TPSA) is 50.4 Å². The molecule has 3 rings (SSSR count). The molecule has 0 aliphatic heterocycles. The molecule has 2 aromatic rings. The molecule has 0 aromatic heterocycles. The van der Waals surface area contributed by atoms with Crippen molar-refractivity contribution in [2.45, 2.75) is 31.7 Å². The molecule has 1 saturated carbocycles. The summed E-state index contributed by atoms with van der Waals surface area (Å²) in [5, 5.41) is 5.99. The van der Waals surface area contributed by atoms with Gasteiger partial charge in [0.25, 0.3) is 0 Å². The van der Waals surface area contributed by atoms with Gasteiger partial charge in [0.05, 0.1) is 13.2 Å². The molecule has 1 aliphatic rings. The maximum Gasteiger partial charge on any atom is 0.315 e. The lowest BCUT2D eigenvalue weighted by atomic mass is 9.77. The number of hydrogen-bond donors (Lipinski definition) is 2. The Kier molecular flexibility index (Phi) is 6.10. The number of nitrogens with one attached hydrogen (secondary N) is 2. The SMILES string of the molecule is COc1ccc(CCNC(=O)NC(c2ccc(F)cc2)C2CCC2)cc1. The lowest BCUT2D eigenvalue weighted by molar-refractivity contribution is 0.208. The molecule has 4 nitrogen and oxygen atoms in total. The van der Waals surface area contributed by atoms with Crippen LogP contribution in [-0.2, 0) is 6.42 Å². The second-order valence-corrected chi connectivity index (χ2v) is 6.72. The van der Waals surface area contributed by atoms with E-state index in [1.54, 1.807) is 19.2 Å². The normalized spacial score (nSPS) is 15.0. The Morgan fingerprint density at radius 2 is 1.85 bits per heavy atom. The van der Waals surface area contributed by atoms with Crippen molar-refractivity contribution in [3.8, 4) is 5.75 Å². The van der Waals surface area contributed by atoms with Crippen LogP contribution in [0.15, 0.2) is 48.5 Å². The van der Waals surface area contributed by atoms with Gasteiger partial charge in [-0.25, -0.2) is 9.18 Å². The minimum atomic E-state index is -0.259. The summed E-state index contributed by atoms with van der Waals surface area (Å²) in [6.45, 7) is 0.555. The van der Waals surface area contributed by atoms with Gasteiger partial charge in [0.15, 0.2) is 0 Å². The van der Waals surface area contributed by atoms with Gasteiger partial charge >= 0.3 is 6.03 Å². The molecule has 0 heterocycles. The van der Waals surface area contributed by atoms with Gasteiger partial charge < -0.3 is 15.4 Å². The predicted molar refractivity (Wildman–Crippen MR) is 99.7 cm³/mol. The van der Waals surface area contributed by atoms with Gasteiger partial charge in [-0.1, -0.05) is 30.7 Å². The van der Waals surface area contributed by atoms with Crippen LogP contribution in [0.3, 0.4) is 0 Å². The van der Waals surface area contributed by atoms with E-state index in [0.717, 1.165) is 36.1 Å². The van der Waals surface area contributed by atoms with Crippen LogP contribution in [0.2, 0.25) is 0 Å². The first kappa shape index (κ1) is 18.2. The summed E-state index contributed by atoms with van der Waals surface area (Å²) in [5.41, 5.74) is 2.10. The molecule has 0 bridgehead atoms. The van der Waals surface area contributed by atoms with Crippen LogP contribution in [0.1, 0.15) is 36.4 Å². The van der Waals surface area contributed by atoms with E-state index in [4.69, 9.17) is 4.74 Å². The zero-order valence-corrected chi connectivity index (χ0v) is 15.0. The van der Waals surface area contributed by atoms with Gasteiger partial charge in [0.1, 0.15) is 11.6 Å². The predicted octanol–water partition coefficient (Wildman–Crippen LogP) is 4.22. The van der Waals surface area contributed by atoms with Crippen molar-refractivity contribution < 1.29 is 13.9 Å². The van der Waals surface area contributed by atoms with Crippen LogP contribution in [0.5, 0.6) is 5.75 Å². The van der Waals surface area contributed by atoms with Crippen molar-refractivity contribution in [2.24, 2.45) is 5.92 Å². The van der Waals surface area contributed by atoms with Crippen LogP contribution in [0.4, 0.5) is 9.18 Å². The van der Waals surface area contributed by atoms with E-state index in [-0.39, 0.29) is 17.9 Å². The molecule has 0 radical (unpaired) electrons. The molecule has 2 aromatic carbocycles. The molecular formula is C21H25FN2O2. The summed E-state index contributed by atoms with van der Waals surface area (Å²) in [4.78, 5) is 12.3. The number of halogens is 1. The first-order valence-electron chi connectivity index (χ1n) is 9.08. The lowest BCUT2D eigenvalue weighted by Gasteiger charge is -2.34. The van der Waals surface area contributed by atoms with Crippen molar-refractivity contribution in [3.05, 3.63) is 65.5 Å². The maximum atomic E-state index is 13.2. The number of rotatable bonds is 7. The molecule has 0 spiro atoms. The molecule has 138 valence electrons. The fourth-order valence-corrected chi connectivity index (χ4v) is 3.22. The Morgan fingerprint density at radius 1 is 1.15 bits per heavy atom. The van der Waals surface area contributed by atoms with Gasteiger partial charge in [0, 0.05) is 6.54 Å². The Hall–Kier alpha value is -2.56. The summed E-state index contributed by atoms with van der Waals surface area (Å²) in [6, 6.07) is 14.0. The number of hydrogen-bond acceptors (Lipinski definition) is 2. The van der Waals surface area contributed by atoms with Gasteiger partial charge in [-0.2, -0.15) is 0 Å². The van der Waals surface area contributed by atoms with Crippen LogP contribution in [0.25, 0.3) is 0 Å². The largest absolute Gasteiger partial charge is 0.497 e. The van der Waals surface area contributed by atoms with Crippen LogP contribution in [0, 0.1) is 11.7 Å². The zero-order valence-electron chi connectivity index (χ0n) is 15.0. The molecule has 1 fully saturated rings. The average Bonchev–Trinajstić information content (AvgIpc) is 2.61. The molecular weight excluding hydrogens is 331 g/mol. The van der Waals surface area contributed by atoms with E-state index < -0.39 is 0 Å². The quantitative estimate of drug-likeness (QED) is 0.780. The summed E-state index contributed by atoms with van der Waals surface area (Å²) in [6.07, 6.45) is 4.12. The second-order valence-electron chi connectivity index (χ2n) is 6.72. The summed E-state index contributed by atoms with van der Waals surface area (Å²) in [7, 11) is 1.64. The number of methoxy groups -OCH3 is 1. The summed E-state index contributed by atoms with van der Waals surface area (Å²) >= 11 is 0. The third kappa shape index (κ3) is 4.75. The highest BCUT2D eigenvalue weighted by Gasteiger charge is 2.29. The highest BCUT2D eigenvalue weighted by molar-refractivity contribution is 5.74. The molecule has 1 atom stereocenters. The highest BCUT2D eigenvalue weighted by Crippen LogP contribution is 2.37. The molecule has 5 heteroatoms. The van der Waals surface area contributed by atoms with Gasteiger partial charge in [-0.3, -0.25) is 0 Å². The molecule has 0 saturated heterocycles. The minimum absolute atomic E-state index is 0.0645. The number of benzene rings is 2. The lowest BCUT2D eigenvalue weighted by Crippen LogP contribution is -2.42. The van der Waals surface area contributed by atoms with E-state index in [9.17, 15) is 9.18 Å². The van der Waals surface area contributed by atoms with E-state index in [2.05, 4.69) is 10.6 Å². The zero-order chi connectivity index (χ0) is 18.4. The third-order valence-electron chi connectivity index (χ3n) is 5.00. The first-order valence-corrected chi connectivity index (χ1v) is 9.08. The Morgan fingerprint density at radius 3 is 2.42 bits per heavy atom. The number of amides is 2. The molecule has 1 unspecified atom stereocenters. The number of carbonyl (C=O) groups excluding carboxylic acids is 1. The first-order chi connectivity index (χ1) is 12.7. The number of urea groups is 1. The van der Waals surface area contributed by atoms with E-state index in [1.165, 1.54) is 18.6 Å². The maximum absolute atomic E-state index is 13.2. The van der Waals surface area contributed by atoms with Crippen molar-refractivity contribution in [2.75, 3.05) is 13.7 Å². The van der Waals surface area contributed by atoms with Gasteiger partial charge in [0.2, 0.25) is 0 Å². The Balaban J connectivity index is 1.51. The summed E-state index contributed by atoms with van der Waals surface area (Å²) in [5.74, 6) is 0.986. The number of carbonyl (C=O) groups is 1. The van der Waals surface area contributed by atoms with Gasteiger partial charge in [-0.05, 0) is 60.6 Å². The van der Waals surface area contributed by atoms with Crippen LogP contribution >= 0.6 is 0 Å². The fourth-order valence-electron chi connectivity index (χ4n) is 3.22. The van der Waals surface area contributed by atoms with E-state index >= 15 is 0 Å². The Bertz CT molecular complexity index is 712. The molecule has 2 amide bonds. The van der Waals surface area contributed by atoms with Crippen molar-refractivity contribution >= 4 is 6.03 Å². The monoisotopic (exact) mass is 356 g/mol. The van der Waals surface area contributed by atoms with Crippen LogP contribution in [-0.4, -0.2) is 19.7 Å². The summed E-state index contributed by atoms with van der Waals surface area (Å²) < 4.78 is 18.3. The second kappa shape index (κ2) is 8.70. The van der Waals surface area contributed by atoms with Crippen molar-refractivity contribution in [3.63, 3.8) is 0 Å². The molecule has 2 N–H and O–H groups in total. The number of ether oxygens (including phenoxy) is 1. The smallest absolute Gasteiger partial charge is 0.315 e. The van der Waals surface area contributed by atoms with Gasteiger partial charge in [-0.15, -0.1) is 0 Å². The van der Waals surface area contributed by atoms with Crippen molar-refractivity contribution in [1.29, 1.82) is 0 Å². The van der Waals surface area contributed by atoms with E-state index in [1.807, 2.05) is 24.3 Å². The average molecular weight is 356 g/mol. The third-order valence-corrected chi connectivity index (χ3v) is 5.00. The van der Waals surface area contributed by atoms with Crippen LogP contribution < -0.4 is 15.4 Å². The molecule has 26 heavy (non-hydrogen) atoms. The fraction of sp³-hybridized carbons (Fsp3) is 0.381. The van der Waals surface area contributed by atoms with Crippen molar-refractivity contribution in [1.82, 2.24) is 10.6 Å².